The molecule has 3 nitrogen and oxygen atoms in total. The fourth-order valence-corrected chi connectivity index (χ4v) is 1.16. The predicted octanol–water partition coefficient (Wildman–Crippen LogP) is 1.67. The van der Waals surface area contributed by atoms with Gasteiger partial charge in [0.1, 0.15) is 6.04 Å². The molecule has 0 aliphatic heterocycles. The summed E-state index contributed by atoms with van der Waals surface area (Å²) in [4.78, 5) is 13.2. The molecule has 0 saturated carbocycles. The molecule has 0 spiro atoms. The van der Waals surface area contributed by atoms with Gasteiger partial charge in [0.15, 0.2) is 0 Å². The second-order valence-electron chi connectivity index (χ2n) is 3.39. The molecular weight excluding hydrogens is 166 g/mol. The molecule has 0 bridgehead atoms. The summed E-state index contributed by atoms with van der Waals surface area (Å²) in [6.45, 7) is 5.01. The second-order valence-corrected chi connectivity index (χ2v) is 3.39. The van der Waals surface area contributed by atoms with E-state index in [1.807, 2.05) is 18.9 Å². The molecule has 0 saturated heterocycles. The number of hydrogen-bond acceptors (Lipinski definition) is 3. The van der Waals surface area contributed by atoms with E-state index in [-0.39, 0.29) is 12.0 Å². The maximum absolute atomic E-state index is 11.1. The SMILES string of the molecule is CCCCCN(C)C(C)C(=O)OC. The van der Waals surface area contributed by atoms with Gasteiger partial charge in [0.2, 0.25) is 0 Å². The first-order chi connectivity index (χ1) is 6.13. The maximum Gasteiger partial charge on any atom is 0.322 e. The Kier molecular flexibility index (Phi) is 6.59. The molecule has 0 N–H and O–H groups in total. The van der Waals surface area contributed by atoms with Crippen LogP contribution in [0.1, 0.15) is 33.1 Å². The largest absolute Gasteiger partial charge is 0.468 e. The second kappa shape index (κ2) is 6.89. The molecule has 0 aromatic rings. The highest BCUT2D eigenvalue weighted by molar-refractivity contribution is 5.75. The minimum Gasteiger partial charge on any atom is -0.468 e. The van der Waals surface area contributed by atoms with E-state index in [2.05, 4.69) is 11.7 Å². The number of ether oxygens (including phenoxy) is 1. The minimum absolute atomic E-state index is 0.123. The Bertz CT molecular complexity index is 148. The third kappa shape index (κ3) is 4.88. The van der Waals surface area contributed by atoms with Gasteiger partial charge < -0.3 is 4.74 Å². The topological polar surface area (TPSA) is 29.5 Å². The maximum atomic E-state index is 11.1. The molecule has 0 heterocycles. The number of esters is 1. The Morgan fingerprint density at radius 1 is 1.46 bits per heavy atom. The summed E-state index contributed by atoms with van der Waals surface area (Å²) in [6.07, 6.45) is 3.58. The quantitative estimate of drug-likeness (QED) is 0.468. The van der Waals surface area contributed by atoms with Crippen LogP contribution in [0.4, 0.5) is 0 Å². The number of carbonyl (C=O) groups is 1. The lowest BCUT2D eigenvalue weighted by Gasteiger charge is -2.21. The van der Waals surface area contributed by atoms with Crippen molar-refractivity contribution in [3.63, 3.8) is 0 Å². The van der Waals surface area contributed by atoms with Crippen LogP contribution in [0.2, 0.25) is 0 Å². The van der Waals surface area contributed by atoms with Crippen LogP contribution in [-0.2, 0) is 9.53 Å². The molecule has 0 aliphatic carbocycles. The molecule has 0 fully saturated rings. The number of likely N-dealkylation sites (N-methyl/N-ethyl adjacent to an activating group) is 1. The van der Waals surface area contributed by atoms with Crippen LogP contribution in [0.5, 0.6) is 0 Å². The van der Waals surface area contributed by atoms with Gasteiger partial charge in [-0.25, -0.2) is 0 Å². The third-order valence-electron chi connectivity index (χ3n) is 2.32. The number of unbranched alkanes of at least 4 members (excludes halogenated alkanes) is 2. The average Bonchev–Trinajstić information content (AvgIpc) is 2.15. The molecule has 1 unspecified atom stereocenters. The van der Waals surface area contributed by atoms with E-state index in [0.717, 1.165) is 13.0 Å². The summed E-state index contributed by atoms with van der Waals surface area (Å²) in [5, 5.41) is 0. The standard InChI is InChI=1S/C10H21NO2/c1-5-6-7-8-11(3)9(2)10(12)13-4/h9H,5-8H2,1-4H3. The highest BCUT2D eigenvalue weighted by Crippen LogP contribution is 2.02. The van der Waals surface area contributed by atoms with Gasteiger partial charge in [-0.3, -0.25) is 9.69 Å². The molecule has 0 amide bonds. The van der Waals surface area contributed by atoms with Crippen molar-refractivity contribution in [2.24, 2.45) is 0 Å². The van der Waals surface area contributed by atoms with Crippen molar-refractivity contribution in [3.8, 4) is 0 Å². The van der Waals surface area contributed by atoms with Crippen molar-refractivity contribution in [3.05, 3.63) is 0 Å². The summed E-state index contributed by atoms with van der Waals surface area (Å²) in [7, 11) is 3.38. The molecular formula is C10H21NO2. The number of nitrogens with zero attached hydrogens (tertiary/aromatic N) is 1. The van der Waals surface area contributed by atoms with Gasteiger partial charge in [-0.05, 0) is 26.9 Å². The van der Waals surface area contributed by atoms with E-state index in [1.54, 1.807) is 0 Å². The van der Waals surface area contributed by atoms with Gasteiger partial charge in [-0.1, -0.05) is 19.8 Å². The summed E-state index contributed by atoms with van der Waals surface area (Å²) in [5.41, 5.74) is 0. The first-order valence-corrected chi connectivity index (χ1v) is 4.91. The number of rotatable bonds is 6. The first-order valence-electron chi connectivity index (χ1n) is 4.91. The molecule has 78 valence electrons. The smallest absolute Gasteiger partial charge is 0.322 e. The summed E-state index contributed by atoms with van der Waals surface area (Å²) in [5.74, 6) is -0.154. The Balaban J connectivity index is 3.68. The van der Waals surface area contributed by atoms with Gasteiger partial charge in [0.25, 0.3) is 0 Å². The van der Waals surface area contributed by atoms with E-state index in [1.165, 1.54) is 20.0 Å². The highest BCUT2D eigenvalue weighted by Gasteiger charge is 2.17. The van der Waals surface area contributed by atoms with Crippen molar-refractivity contribution in [2.75, 3.05) is 20.7 Å². The lowest BCUT2D eigenvalue weighted by molar-refractivity contribution is -0.145. The van der Waals surface area contributed by atoms with Crippen LogP contribution in [0.3, 0.4) is 0 Å². The Hall–Kier alpha value is -0.570. The Labute approximate surface area is 81.1 Å². The predicted molar refractivity (Wildman–Crippen MR) is 53.6 cm³/mol. The molecule has 0 aromatic heterocycles. The van der Waals surface area contributed by atoms with Crippen LogP contribution >= 0.6 is 0 Å². The third-order valence-corrected chi connectivity index (χ3v) is 2.32. The van der Waals surface area contributed by atoms with Gasteiger partial charge in [0.05, 0.1) is 7.11 Å². The Morgan fingerprint density at radius 2 is 2.08 bits per heavy atom. The monoisotopic (exact) mass is 187 g/mol. The lowest BCUT2D eigenvalue weighted by Crippen LogP contribution is -2.37. The number of hydrogen-bond donors (Lipinski definition) is 0. The van der Waals surface area contributed by atoms with E-state index in [4.69, 9.17) is 0 Å². The zero-order valence-electron chi connectivity index (χ0n) is 9.17. The summed E-state index contributed by atoms with van der Waals surface area (Å²) >= 11 is 0. The zero-order valence-corrected chi connectivity index (χ0v) is 9.17. The lowest BCUT2D eigenvalue weighted by atomic mass is 10.2. The van der Waals surface area contributed by atoms with E-state index in [9.17, 15) is 4.79 Å². The van der Waals surface area contributed by atoms with Crippen LogP contribution < -0.4 is 0 Å². The fraction of sp³-hybridized carbons (Fsp3) is 0.900. The zero-order chi connectivity index (χ0) is 10.3. The molecule has 0 aromatic carbocycles. The average molecular weight is 187 g/mol. The van der Waals surface area contributed by atoms with Crippen molar-refractivity contribution in [2.45, 2.75) is 39.2 Å². The van der Waals surface area contributed by atoms with Gasteiger partial charge in [0, 0.05) is 0 Å². The normalized spacial score (nSPS) is 13.0. The van der Waals surface area contributed by atoms with Gasteiger partial charge in [-0.15, -0.1) is 0 Å². The minimum atomic E-state index is -0.154. The van der Waals surface area contributed by atoms with Crippen molar-refractivity contribution >= 4 is 5.97 Å². The Morgan fingerprint density at radius 3 is 2.54 bits per heavy atom. The van der Waals surface area contributed by atoms with Crippen LogP contribution in [0.25, 0.3) is 0 Å². The summed E-state index contributed by atoms with van der Waals surface area (Å²) in [6, 6.07) is -0.123. The van der Waals surface area contributed by atoms with E-state index in [0.29, 0.717) is 0 Å². The molecule has 3 heteroatoms. The van der Waals surface area contributed by atoms with Crippen LogP contribution in [0.15, 0.2) is 0 Å². The summed E-state index contributed by atoms with van der Waals surface area (Å²) < 4.78 is 4.66. The van der Waals surface area contributed by atoms with E-state index >= 15 is 0 Å². The highest BCUT2D eigenvalue weighted by atomic mass is 16.5. The van der Waals surface area contributed by atoms with Crippen molar-refractivity contribution in [1.82, 2.24) is 4.90 Å². The number of methoxy groups -OCH3 is 1. The van der Waals surface area contributed by atoms with Crippen LogP contribution in [-0.4, -0.2) is 37.6 Å². The molecule has 0 aliphatic rings. The first kappa shape index (κ1) is 12.4. The van der Waals surface area contributed by atoms with Gasteiger partial charge in [-0.2, -0.15) is 0 Å². The van der Waals surface area contributed by atoms with Crippen molar-refractivity contribution < 1.29 is 9.53 Å². The number of carbonyl (C=O) groups excluding carboxylic acids is 1. The van der Waals surface area contributed by atoms with E-state index < -0.39 is 0 Å². The molecule has 0 radical (unpaired) electrons. The fourth-order valence-electron chi connectivity index (χ4n) is 1.16. The van der Waals surface area contributed by atoms with Crippen molar-refractivity contribution in [1.29, 1.82) is 0 Å². The molecule has 0 rings (SSSR count). The van der Waals surface area contributed by atoms with Crippen LogP contribution in [0, 0.1) is 0 Å². The molecule has 1 atom stereocenters. The molecule has 13 heavy (non-hydrogen) atoms. The van der Waals surface area contributed by atoms with Gasteiger partial charge >= 0.3 is 5.97 Å².